The maximum atomic E-state index is 12.9. The predicted octanol–water partition coefficient (Wildman–Crippen LogP) is 2.25. The van der Waals surface area contributed by atoms with E-state index in [1.165, 1.54) is 6.92 Å². The molecule has 0 aliphatic carbocycles. The van der Waals surface area contributed by atoms with Crippen molar-refractivity contribution >= 4 is 16.9 Å². The Balaban J connectivity index is 3.11. The van der Waals surface area contributed by atoms with Gasteiger partial charge >= 0.3 is 6.18 Å². The number of halogens is 3. The summed E-state index contributed by atoms with van der Waals surface area (Å²) in [5.41, 5.74) is -1.91. The van der Waals surface area contributed by atoms with Crippen LogP contribution < -0.4 is 0 Å². The summed E-state index contributed by atoms with van der Waals surface area (Å²) in [7, 11) is 0. The number of aliphatic hydroxyl groups is 2. The molecule has 0 aromatic heterocycles. The summed E-state index contributed by atoms with van der Waals surface area (Å²) in [6.45, 7) is 1.24. The zero-order valence-corrected chi connectivity index (χ0v) is 11.7. The Morgan fingerprint density at radius 1 is 1.43 bits per heavy atom. The van der Waals surface area contributed by atoms with E-state index in [9.17, 15) is 28.2 Å². The topological polar surface area (TPSA) is 81.3 Å². The van der Waals surface area contributed by atoms with Crippen LogP contribution >= 0.6 is 11.8 Å². The van der Waals surface area contributed by atoms with Gasteiger partial charge in [0, 0.05) is 12.7 Å². The van der Waals surface area contributed by atoms with Gasteiger partial charge in [0.25, 0.3) is 0 Å². The molecule has 0 saturated carbocycles. The number of carbonyl (C=O) groups excluding carboxylic acids is 1. The van der Waals surface area contributed by atoms with Crippen LogP contribution in [0.1, 0.15) is 29.7 Å². The van der Waals surface area contributed by atoms with Crippen LogP contribution in [0.15, 0.2) is 18.2 Å². The SMILES string of the molecule is CC(=O)SCC(O)C(O)c1ccc(C#N)cc1C(F)(F)F. The first-order valence-corrected chi connectivity index (χ1v) is 6.76. The number of nitriles is 1. The molecule has 1 rings (SSSR count). The second-order valence-electron chi connectivity index (χ2n) is 4.23. The van der Waals surface area contributed by atoms with Crippen molar-refractivity contribution < 1.29 is 28.2 Å². The van der Waals surface area contributed by atoms with Crippen molar-refractivity contribution in [3.05, 3.63) is 34.9 Å². The second kappa shape index (κ2) is 6.93. The van der Waals surface area contributed by atoms with Gasteiger partial charge in [0.1, 0.15) is 6.10 Å². The van der Waals surface area contributed by atoms with Gasteiger partial charge in [0.15, 0.2) is 5.12 Å². The average molecular weight is 319 g/mol. The van der Waals surface area contributed by atoms with E-state index in [2.05, 4.69) is 0 Å². The molecule has 0 saturated heterocycles. The highest BCUT2D eigenvalue weighted by molar-refractivity contribution is 8.13. The van der Waals surface area contributed by atoms with Crippen molar-refractivity contribution in [2.24, 2.45) is 0 Å². The fourth-order valence-electron chi connectivity index (χ4n) is 1.63. The molecule has 0 radical (unpaired) electrons. The summed E-state index contributed by atoms with van der Waals surface area (Å²) in [4.78, 5) is 10.8. The predicted molar refractivity (Wildman–Crippen MR) is 70.3 cm³/mol. The zero-order valence-electron chi connectivity index (χ0n) is 10.9. The highest BCUT2D eigenvalue weighted by Crippen LogP contribution is 2.36. The third-order valence-corrected chi connectivity index (χ3v) is 3.54. The molecule has 0 aliphatic rings. The minimum Gasteiger partial charge on any atom is -0.389 e. The van der Waals surface area contributed by atoms with E-state index in [1.54, 1.807) is 6.07 Å². The molecule has 0 spiro atoms. The fraction of sp³-hybridized carbons (Fsp3) is 0.385. The fourth-order valence-corrected chi connectivity index (χ4v) is 2.22. The summed E-state index contributed by atoms with van der Waals surface area (Å²) in [5, 5.41) is 27.9. The summed E-state index contributed by atoms with van der Waals surface area (Å²) in [6, 6.07) is 4.27. The Hall–Kier alpha value is -1.56. The number of alkyl halides is 3. The smallest absolute Gasteiger partial charge is 0.389 e. The van der Waals surface area contributed by atoms with Gasteiger partial charge < -0.3 is 10.2 Å². The van der Waals surface area contributed by atoms with Crippen molar-refractivity contribution in [2.75, 3.05) is 5.75 Å². The number of rotatable bonds is 4. The van der Waals surface area contributed by atoms with E-state index in [-0.39, 0.29) is 16.4 Å². The maximum Gasteiger partial charge on any atom is 0.416 e. The van der Waals surface area contributed by atoms with E-state index in [0.29, 0.717) is 17.8 Å². The molecule has 1 aromatic rings. The van der Waals surface area contributed by atoms with Crippen molar-refractivity contribution in [3.8, 4) is 6.07 Å². The van der Waals surface area contributed by atoms with Gasteiger partial charge in [-0.25, -0.2) is 0 Å². The molecule has 0 heterocycles. The van der Waals surface area contributed by atoms with Crippen LogP contribution in [0.2, 0.25) is 0 Å². The van der Waals surface area contributed by atoms with Gasteiger partial charge in [-0.15, -0.1) is 0 Å². The number of hydrogen-bond donors (Lipinski definition) is 2. The van der Waals surface area contributed by atoms with Crippen LogP contribution in [0.25, 0.3) is 0 Å². The normalized spacial score (nSPS) is 14.3. The average Bonchev–Trinajstić information content (AvgIpc) is 2.42. The quantitative estimate of drug-likeness (QED) is 0.889. The van der Waals surface area contributed by atoms with Crippen LogP contribution in [-0.2, 0) is 11.0 Å². The zero-order chi connectivity index (χ0) is 16.2. The number of thioether (sulfide) groups is 1. The lowest BCUT2D eigenvalue weighted by atomic mass is 9.97. The molecule has 1 aromatic carbocycles. The highest BCUT2D eigenvalue weighted by Gasteiger charge is 2.36. The molecule has 2 N–H and O–H groups in total. The molecule has 0 amide bonds. The first-order valence-electron chi connectivity index (χ1n) is 5.77. The molecular formula is C13H12F3NO3S. The van der Waals surface area contributed by atoms with E-state index >= 15 is 0 Å². The van der Waals surface area contributed by atoms with Gasteiger partial charge in [0.05, 0.1) is 23.3 Å². The van der Waals surface area contributed by atoms with Crippen molar-refractivity contribution in [2.45, 2.75) is 25.3 Å². The van der Waals surface area contributed by atoms with E-state index in [0.717, 1.165) is 12.1 Å². The summed E-state index contributed by atoms with van der Waals surface area (Å²) >= 11 is 0.701. The van der Waals surface area contributed by atoms with Crippen LogP contribution in [0.5, 0.6) is 0 Å². The number of benzene rings is 1. The summed E-state index contributed by atoms with van der Waals surface area (Å²) in [6.07, 6.45) is -8.11. The van der Waals surface area contributed by atoms with Gasteiger partial charge in [-0.2, -0.15) is 18.4 Å². The minimum absolute atomic E-state index is 0.203. The minimum atomic E-state index is -4.77. The number of hydrogen-bond acceptors (Lipinski definition) is 5. The van der Waals surface area contributed by atoms with Gasteiger partial charge in [-0.1, -0.05) is 17.8 Å². The first-order chi connectivity index (χ1) is 9.66. The molecule has 4 nitrogen and oxygen atoms in total. The lowest BCUT2D eigenvalue weighted by Crippen LogP contribution is -2.24. The lowest BCUT2D eigenvalue weighted by Gasteiger charge is -2.21. The molecule has 2 atom stereocenters. The Morgan fingerprint density at radius 3 is 2.52 bits per heavy atom. The Morgan fingerprint density at radius 2 is 2.05 bits per heavy atom. The molecule has 0 bridgehead atoms. The number of aliphatic hydroxyl groups excluding tert-OH is 2. The van der Waals surface area contributed by atoms with Gasteiger partial charge in [-0.3, -0.25) is 4.79 Å². The highest BCUT2D eigenvalue weighted by atomic mass is 32.2. The van der Waals surface area contributed by atoms with Crippen LogP contribution in [0, 0.1) is 11.3 Å². The molecule has 2 unspecified atom stereocenters. The first kappa shape index (κ1) is 17.5. The van der Waals surface area contributed by atoms with Gasteiger partial charge in [-0.05, 0) is 17.7 Å². The van der Waals surface area contributed by atoms with Gasteiger partial charge in [0.2, 0.25) is 0 Å². The number of carbonyl (C=O) groups is 1. The molecule has 0 aliphatic heterocycles. The lowest BCUT2D eigenvalue weighted by molar-refractivity contribution is -0.139. The second-order valence-corrected chi connectivity index (χ2v) is 5.42. The molecule has 8 heteroatoms. The molecule has 114 valence electrons. The van der Waals surface area contributed by atoms with Crippen molar-refractivity contribution in [1.29, 1.82) is 5.26 Å². The summed E-state index contributed by atoms with van der Waals surface area (Å²) in [5.74, 6) is -0.228. The van der Waals surface area contributed by atoms with E-state index in [4.69, 9.17) is 5.26 Å². The Bertz CT molecular complexity index is 569. The van der Waals surface area contributed by atoms with E-state index in [1.807, 2.05) is 0 Å². The third-order valence-electron chi connectivity index (χ3n) is 2.63. The third kappa shape index (κ3) is 4.74. The van der Waals surface area contributed by atoms with Crippen LogP contribution in [-0.4, -0.2) is 27.2 Å². The monoisotopic (exact) mass is 319 g/mol. The Kier molecular flexibility index (Phi) is 5.78. The maximum absolute atomic E-state index is 12.9. The van der Waals surface area contributed by atoms with Crippen molar-refractivity contribution in [1.82, 2.24) is 0 Å². The number of nitrogens with zero attached hydrogens (tertiary/aromatic N) is 1. The van der Waals surface area contributed by atoms with Crippen LogP contribution in [0.3, 0.4) is 0 Å². The molecular weight excluding hydrogens is 307 g/mol. The largest absolute Gasteiger partial charge is 0.416 e. The summed E-state index contributed by atoms with van der Waals surface area (Å²) < 4.78 is 38.8. The molecule has 21 heavy (non-hydrogen) atoms. The standard InChI is InChI=1S/C13H12F3NO3S/c1-7(18)21-6-11(19)12(20)9-3-2-8(5-17)4-10(9)13(14,15)16/h2-4,11-12,19-20H,6H2,1H3. The van der Waals surface area contributed by atoms with Crippen LogP contribution in [0.4, 0.5) is 13.2 Å². The van der Waals surface area contributed by atoms with Crippen molar-refractivity contribution in [3.63, 3.8) is 0 Å². The molecule has 0 fully saturated rings. The Labute approximate surface area is 123 Å². The van der Waals surface area contributed by atoms with E-state index < -0.39 is 29.5 Å².